The molecule has 0 bridgehead atoms. The van der Waals surface area contributed by atoms with Crippen LogP contribution in [0.4, 0.5) is 0 Å². The third-order valence-corrected chi connectivity index (χ3v) is 3.22. The standard InChI is InChI=1S/C14H18N2O2S/c17-13(16-11-3-4-11)7-8-15-14(18)9-10-1-5-12(19)6-2-10/h1-2,5-6,11,19H,3-4,7-9H2,(H,15,18)(H,16,17). The zero-order valence-corrected chi connectivity index (χ0v) is 11.6. The highest BCUT2D eigenvalue weighted by Crippen LogP contribution is 2.18. The van der Waals surface area contributed by atoms with E-state index in [9.17, 15) is 9.59 Å². The predicted octanol–water partition coefficient (Wildman–Crippen LogP) is 1.30. The zero-order valence-electron chi connectivity index (χ0n) is 10.7. The van der Waals surface area contributed by atoms with Gasteiger partial charge in [0.25, 0.3) is 0 Å². The molecule has 2 rings (SSSR count). The molecule has 0 atom stereocenters. The maximum Gasteiger partial charge on any atom is 0.224 e. The molecule has 4 nitrogen and oxygen atoms in total. The molecule has 0 spiro atoms. The molecule has 1 aromatic carbocycles. The van der Waals surface area contributed by atoms with Gasteiger partial charge in [-0.05, 0) is 30.5 Å². The molecule has 1 aliphatic carbocycles. The molecule has 0 saturated heterocycles. The van der Waals surface area contributed by atoms with Crippen LogP contribution in [0.2, 0.25) is 0 Å². The van der Waals surface area contributed by atoms with E-state index < -0.39 is 0 Å². The molecule has 5 heteroatoms. The van der Waals surface area contributed by atoms with E-state index in [0.717, 1.165) is 23.3 Å². The summed E-state index contributed by atoms with van der Waals surface area (Å²) in [6.07, 6.45) is 2.84. The topological polar surface area (TPSA) is 58.2 Å². The van der Waals surface area contributed by atoms with Crippen molar-refractivity contribution in [1.29, 1.82) is 0 Å². The Morgan fingerprint density at radius 3 is 2.47 bits per heavy atom. The van der Waals surface area contributed by atoms with Crippen LogP contribution in [0.25, 0.3) is 0 Å². The van der Waals surface area contributed by atoms with E-state index in [1.807, 2.05) is 24.3 Å². The quantitative estimate of drug-likeness (QED) is 0.687. The first-order valence-electron chi connectivity index (χ1n) is 6.47. The molecule has 0 heterocycles. The second-order valence-corrected chi connectivity index (χ2v) is 5.30. The molecule has 1 aliphatic rings. The highest BCUT2D eigenvalue weighted by Gasteiger charge is 2.22. The van der Waals surface area contributed by atoms with E-state index in [1.165, 1.54) is 0 Å². The number of hydrogen-bond acceptors (Lipinski definition) is 3. The lowest BCUT2D eigenvalue weighted by atomic mass is 10.1. The highest BCUT2D eigenvalue weighted by atomic mass is 32.1. The van der Waals surface area contributed by atoms with Crippen molar-refractivity contribution in [3.05, 3.63) is 29.8 Å². The number of carbonyl (C=O) groups excluding carboxylic acids is 2. The van der Waals surface area contributed by atoms with Gasteiger partial charge in [-0.2, -0.15) is 0 Å². The fraction of sp³-hybridized carbons (Fsp3) is 0.429. The largest absolute Gasteiger partial charge is 0.355 e. The Kier molecular flexibility index (Phi) is 4.85. The van der Waals surface area contributed by atoms with Crippen LogP contribution in [0.15, 0.2) is 29.2 Å². The van der Waals surface area contributed by atoms with Crippen LogP contribution >= 0.6 is 12.6 Å². The van der Waals surface area contributed by atoms with E-state index in [4.69, 9.17) is 0 Å². The molecule has 102 valence electrons. The molecular weight excluding hydrogens is 260 g/mol. The van der Waals surface area contributed by atoms with Crippen LogP contribution in [-0.4, -0.2) is 24.4 Å². The first kappa shape index (κ1) is 13.9. The van der Waals surface area contributed by atoms with Crippen LogP contribution < -0.4 is 10.6 Å². The Hall–Kier alpha value is -1.49. The fourth-order valence-corrected chi connectivity index (χ4v) is 1.85. The van der Waals surface area contributed by atoms with Gasteiger partial charge in [0.05, 0.1) is 6.42 Å². The van der Waals surface area contributed by atoms with Gasteiger partial charge in [-0.3, -0.25) is 9.59 Å². The smallest absolute Gasteiger partial charge is 0.224 e. The number of carbonyl (C=O) groups is 2. The SMILES string of the molecule is O=C(Cc1ccc(S)cc1)NCCC(=O)NC1CC1. The van der Waals surface area contributed by atoms with E-state index in [0.29, 0.717) is 25.4 Å². The summed E-state index contributed by atoms with van der Waals surface area (Å²) in [4.78, 5) is 23.9. The van der Waals surface area contributed by atoms with Gasteiger partial charge in [0.2, 0.25) is 11.8 Å². The first-order chi connectivity index (χ1) is 9.13. The Labute approximate surface area is 118 Å². The maximum absolute atomic E-state index is 11.7. The van der Waals surface area contributed by atoms with Crippen molar-refractivity contribution in [1.82, 2.24) is 10.6 Å². The lowest BCUT2D eigenvalue weighted by Crippen LogP contribution is -2.32. The Morgan fingerprint density at radius 1 is 1.16 bits per heavy atom. The van der Waals surface area contributed by atoms with Crippen molar-refractivity contribution in [2.45, 2.75) is 36.6 Å². The normalized spacial score (nSPS) is 13.9. The summed E-state index contributed by atoms with van der Waals surface area (Å²) in [5, 5.41) is 5.64. The Morgan fingerprint density at radius 2 is 1.84 bits per heavy atom. The molecule has 1 aromatic rings. The van der Waals surface area contributed by atoms with Crippen molar-refractivity contribution in [3.63, 3.8) is 0 Å². The number of benzene rings is 1. The van der Waals surface area contributed by atoms with Crippen LogP contribution in [0.3, 0.4) is 0 Å². The van der Waals surface area contributed by atoms with Crippen molar-refractivity contribution in [2.24, 2.45) is 0 Å². The highest BCUT2D eigenvalue weighted by molar-refractivity contribution is 7.80. The van der Waals surface area contributed by atoms with E-state index in [-0.39, 0.29) is 11.8 Å². The van der Waals surface area contributed by atoms with Crippen molar-refractivity contribution in [2.75, 3.05) is 6.54 Å². The average molecular weight is 278 g/mol. The van der Waals surface area contributed by atoms with Gasteiger partial charge in [-0.15, -0.1) is 12.6 Å². The maximum atomic E-state index is 11.7. The van der Waals surface area contributed by atoms with Crippen molar-refractivity contribution >= 4 is 24.4 Å². The summed E-state index contributed by atoms with van der Waals surface area (Å²) < 4.78 is 0. The molecule has 2 amide bonds. The summed E-state index contributed by atoms with van der Waals surface area (Å²) >= 11 is 4.19. The average Bonchev–Trinajstić information content (AvgIpc) is 3.16. The Bertz CT molecular complexity index is 455. The molecule has 1 fully saturated rings. The minimum Gasteiger partial charge on any atom is -0.355 e. The molecule has 0 aromatic heterocycles. The minimum atomic E-state index is -0.0638. The summed E-state index contributed by atoms with van der Waals surface area (Å²) in [6, 6.07) is 7.84. The lowest BCUT2D eigenvalue weighted by Gasteiger charge is -2.06. The summed E-state index contributed by atoms with van der Waals surface area (Å²) in [7, 11) is 0. The van der Waals surface area contributed by atoms with Gasteiger partial charge < -0.3 is 10.6 Å². The third-order valence-electron chi connectivity index (χ3n) is 2.92. The van der Waals surface area contributed by atoms with E-state index in [2.05, 4.69) is 23.3 Å². The molecule has 19 heavy (non-hydrogen) atoms. The van der Waals surface area contributed by atoms with Gasteiger partial charge in [-0.25, -0.2) is 0 Å². The molecule has 0 aliphatic heterocycles. The van der Waals surface area contributed by atoms with E-state index >= 15 is 0 Å². The second-order valence-electron chi connectivity index (χ2n) is 4.78. The minimum absolute atomic E-state index is 0.0160. The third kappa shape index (κ3) is 5.34. The molecule has 0 unspecified atom stereocenters. The summed E-state index contributed by atoms with van der Waals surface area (Å²) in [5.41, 5.74) is 0.942. The van der Waals surface area contributed by atoms with Gasteiger partial charge >= 0.3 is 0 Å². The van der Waals surface area contributed by atoms with E-state index in [1.54, 1.807) is 0 Å². The van der Waals surface area contributed by atoms with Crippen LogP contribution in [0.5, 0.6) is 0 Å². The molecule has 0 radical (unpaired) electrons. The number of amides is 2. The fourth-order valence-electron chi connectivity index (χ4n) is 1.70. The van der Waals surface area contributed by atoms with Crippen molar-refractivity contribution in [3.8, 4) is 0 Å². The number of hydrogen-bond donors (Lipinski definition) is 3. The van der Waals surface area contributed by atoms with Crippen LogP contribution in [0.1, 0.15) is 24.8 Å². The number of rotatable bonds is 6. The van der Waals surface area contributed by atoms with Crippen molar-refractivity contribution < 1.29 is 9.59 Å². The van der Waals surface area contributed by atoms with Crippen LogP contribution in [-0.2, 0) is 16.0 Å². The predicted molar refractivity (Wildman–Crippen MR) is 76.2 cm³/mol. The van der Waals surface area contributed by atoms with Gasteiger partial charge in [0.1, 0.15) is 0 Å². The molecular formula is C14H18N2O2S. The second kappa shape index (κ2) is 6.61. The summed E-state index contributed by atoms with van der Waals surface area (Å²) in [5.74, 6) is -0.0478. The first-order valence-corrected chi connectivity index (χ1v) is 6.92. The van der Waals surface area contributed by atoms with Gasteiger partial charge in [0.15, 0.2) is 0 Å². The van der Waals surface area contributed by atoms with Crippen LogP contribution in [0, 0.1) is 0 Å². The molecule has 2 N–H and O–H groups in total. The lowest BCUT2D eigenvalue weighted by molar-refractivity contribution is -0.122. The Balaban J connectivity index is 1.63. The number of thiol groups is 1. The molecule has 1 saturated carbocycles. The zero-order chi connectivity index (χ0) is 13.7. The summed E-state index contributed by atoms with van der Waals surface area (Å²) in [6.45, 7) is 0.391. The monoisotopic (exact) mass is 278 g/mol. The van der Waals surface area contributed by atoms with Gasteiger partial charge in [0, 0.05) is 23.9 Å². The van der Waals surface area contributed by atoms with Gasteiger partial charge in [-0.1, -0.05) is 12.1 Å². The number of nitrogens with one attached hydrogen (secondary N) is 2.